The molecule has 0 bridgehead atoms. The van der Waals surface area contributed by atoms with Crippen molar-refractivity contribution in [1.82, 2.24) is 10.0 Å². The first kappa shape index (κ1) is 15.6. The molecule has 2 heterocycles. The van der Waals surface area contributed by atoms with Crippen molar-refractivity contribution in [2.75, 3.05) is 0 Å². The quantitative estimate of drug-likeness (QED) is 0.741. The van der Waals surface area contributed by atoms with E-state index in [0.717, 1.165) is 14.2 Å². The molecule has 0 amide bonds. The molecule has 8 heteroatoms. The highest BCUT2D eigenvalue weighted by Crippen LogP contribution is 2.26. The summed E-state index contributed by atoms with van der Waals surface area (Å²) in [5.74, 6) is 0. The van der Waals surface area contributed by atoms with Crippen LogP contribution in [-0.4, -0.2) is 14.5 Å². The molecule has 0 atom stereocenters. The van der Waals surface area contributed by atoms with Gasteiger partial charge in [0.1, 0.15) is 0 Å². The minimum Gasteiger partial charge on any atom is -0.309 e. The van der Waals surface area contributed by atoms with Crippen LogP contribution in [0.4, 0.5) is 0 Å². The molecule has 114 valence electrons. The van der Waals surface area contributed by atoms with Gasteiger partial charge in [0.25, 0.3) is 0 Å². The lowest BCUT2D eigenvalue weighted by molar-refractivity contribution is 0.579. The molecule has 4 nitrogen and oxygen atoms in total. The van der Waals surface area contributed by atoms with Crippen LogP contribution >= 0.6 is 38.6 Å². The van der Waals surface area contributed by atoms with Crippen molar-refractivity contribution in [2.24, 2.45) is 0 Å². The third kappa shape index (κ3) is 3.94. The Morgan fingerprint density at radius 3 is 2.52 bits per heavy atom. The second-order valence-electron chi connectivity index (χ2n) is 4.88. The first-order valence-electron chi connectivity index (χ1n) is 6.57. The largest absolute Gasteiger partial charge is 0.309 e. The summed E-state index contributed by atoms with van der Waals surface area (Å²) in [4.78, 5) is 2.25. The normalized spacial score (nSPS) is 15.5. The first-order chi connectivity index (χ1) is 10.1. The molecule has 2 aromatic rings. The molecule has 1 aliphatic rings. The van der Waals surface area contributed by atoms with E-state index in [1.54, 1.807) is 6.07 Å². The highest BCUT2D eigenvalue weighted by atomic mass is 79.9. The fourth-order valence-corrected chi connectivity index (χ4v) is 5.82. The number of nitrogens with one attached hydrogen (secondary N) is 2. The molecule has 21 heavy (non-hydrogen) atoms. The summed E-state index contributed by atoms with van der Waals surface area (Å²) in [7, 11) is -3.46. The van der Waals surface area contributed by atoms with Crippen LogP contribution in [0.25, 0.3) is 0 Å². The monoisotopic (exact) mass is 406 g/mol. The summed E-state index contributed by atoms with van der Waals surface area (Å²) in [6.45, 7) is 0.938. The van der Waals surface area contributed by atoms with Gasteiger partial charge in [-0.3, -0.25) is 0 Å². The summed E-state index contributed by atoms with van der Waals surface area (Å²) in [5, 5.41) is 7.13. The van der Waals surface area contributed by atoms with Gasteiger partial charge in [0.15, 0.2) is 0 Å². The third-order valence-electron chi connectivity index (χ3n) is 3.24. The Hall–Kier alpha value is -0.250. The summed E-state index contributed by atoms with van der Waals surface area (Å²) >= 11 is 6.43. The Bertz CT molecular complexity index is 719. The lowest BCUT2D eigenvalue weighted by atomic mass is 10.4. The molecule has 1 saturated carbocycles. The van der Waals surface area contributed by atoms with E-state index >= 15 is 0 Å². The number of thiophene rings is 2. The molecular formula is C13H15BrN2O2S3. The molecule has 0 radical (unpaired) electrons. The van der Waals surface area contributed by atoms with Gasteiger partial charge in [0.05, 0.1) is 4.90 Å². The molecule has 0 aliphatic heterocycles. The zero-order valence-electron chi connectivity index (χ0n) is 11.1. The molecule has 1 fully saturated rings. The van der Waals surface area contributed by atoms with E-state index in [4.69, 9.17) is 0 Å². The topological polar surface area (TPSA) is 58.2 Å². The number of hydrogen-bond donors (Lipinski definition) is 2. The zero-order chi connectivity index (χ0) is 14.9. The van der Waals surface area contributed by atoms with Crippen LogP contribution in [0.3, 0.4) is 0 Å². The van der Waals surface area contributed by atoms with Gasteiger partial charge in [0.2, 0.25) is 10.0 Å². The fraction of sp³-hybridized carbons (Fsp3) is 0.385. The second-order valence-corrected chi connectivity index (χ2v) is 9.47. The van der Waals surface area contributed by atoms with Gasteiger partial charge >= 0.3 is 0 Å². The maximum atomic E-state index is 12.4. The number of hydrogen-bond acceptors (Lipinski definition) is 5. The first-order valence-corrected chi connectivity index (χ1v) is 10.6. The Morgan fingerprint density at radius 2 is 1.86 bits per heavy atom. The van der Waals surface area contributed by atoms with E-state index in [1.807, 2.05) is 16.8 Å². The van der Waals surface area contributed by atoms with Crippen LogP contribution in [0, 0.1) is 0 Å². The highest BCUT2D eigenvalue weighted by molar-refractivity contribution is 9.10. The van der Waals surface area contributed by atoms with Gasteiger partial charge in [-0.15, -0.1) is 22.7 Å². The lowest BCUT2D eigenvalue weighted by Crippen LogP contribution is -2.24. The fourth-order valence-electron chi connectivity index (χ4n) is 1.91. The van der Waals surface area contributed by atoms with E-state index in [0.29, 0.717) is 24.0 Å². The predicted octanol–water partition coefficient (Wildman–Crippen LogP) is 3.30. The van der Waals surface area contributed by atoms with Crippen LogP contribution in [0.1, 0.15) is 22.6 Å². The average Bonchev–Trinajstić information content (AvgIpc) is 2.98. The Labute approximate surface area is 140 Å². The Kier molecular flexibility index (Phi) is 4.82. The van der Waals surface area contributed by atoms with Crippen molar-refractivity contribution in [1.29, 1.82) is 0 Å². The lowest BCUT2D eigenvalue weighted by Gasteiger charge is -2.08. The standard InChI is InChI=1S/C13H15BrN2O2S3/c14-10-3-5-19-11(10)8-16-21(17,18)13-4-6-20-12(13)7-15-9-1-2-9/h3-6,9,15-16H,1-2,7-8H2. The summed E-state index contributed by atoms with van der Waals surface area (Å²) < 4.78 is 28.5. The minimum atomic E-state index is -3.46. The molecule has 0 spiro atoms. The van der Waals surface area contributed by atoms with Crippen LogP contribution in [0.15, 0.2) is 32.3 Å². The zero-order valence-corrected chi connectivity index (χ0v) is 15.2. The number of sulfonamides is 1. The van der Waals surface area contributed by atoms with Crippen molar-refractivity contribution < 1.29 is 8.42 Å². The van der Waals surface area contributed by atoms with E-state index in [9.17, 15) is 8.42 Å². The minimum absolute atomic E-state index is 0.311. The van der Waals surface area contributed by atoms with Gasteiger partial charge in [0, 0.05) is 33.4 Å². The Morgan fingerprint density at radius 1 is 1.14 bits per heavy atom. The van der Waals surface area contributed by atoms with E-state index < -0.39 is 10.0 Å². The van der Waals surface area contributed by atoms with Crippen molar-refractivity contribution >= 4 is 48.6 Å². The highest BCUT2D eigenvalue weighted by Gasteiger charge is 2.24. The van der Waals surface area contributed by atoms with E-state index in [-0.39, 0.29) is 0 Å². The molecule has 0 saturated heterocycles. The van der Waals surface area contributed by atoms with E-state index in [1.165, 1.54) is 35.5 Å². The number of halogens is 1. The van der Waals surface area contributed by atoms with Gasteiger partial charge in [-0.2, -0.15) is 0 Å². The summed E-state index contributed by atoms with van der Waals surface area (Å²) in [5.41, 5.74) is 0. The predicted molar refractivity (Wildman–Crippen MR) is 90.2 cm³/mol. The Balaban J connectivity index is 1.69. The SMILES string of the molecule is O=S(=O)(NCc1sccc1Br)c1ccsc1CNC1CC1. The molecule has 2 aromatic heterocycles. The van der Waals surface area contributed by atoms with Crippen molar-refractivity contribution in [3.8, 4) is 0 Å². The molecule has 1 aliphatic carbocycles. The molecular weight excluding hydrogens is 392 g/mol. The molecule has 0 aromatic carbocycles. The number of rotatable bonds is 7. The van der Waals surface area contributed by atoms with E-state index in [2.05, 4.69) is 26.0 Å². The third-order valence-corrected chi connectivity index (χ3v) is 7.70. The van der Waals surface area contributed by atoms with Crippen molar-refractivity contribution in [2.45, 2.75) is 36.9 Å². The van der Waals surface area contributed by atoms with Crippen LogP contribution in [0.5, 0.6) is 0 Å². The van der Waals surface area contributed by atoms with Crippen molar-refractivity contribution in [3.05, 3.63) is 37.1 Å². The maximum Gasteiger partial charge on any atom is 0.242 e. The van der Waals surface area contributed by atoms with Gasteiger partial charge in [-0.1, -0.05) is 0 Å². The van der Waals surface area contributed by atoms with Crippen LogP contribution in [-0.2, 0) is 23.1 Å². The maximum absolute atomic E-state index is 12.4. The molecule has 0 unspecified atom stereocenters. The van der Waals surface area contributed by atoms with Crippen molar-refractivity contribution in [3.63, 3.8) is 0 Å². The van der Waals surface area contributed by atoms with Gasteiger partial charge in [-0.05, 0) is 51.7 Å². The van der Waals surface area contributed by atoms with Gasteiger partial charge < -0.3 is 5.32 Å². The second kappa shape index (κ2) is 6.47. The average molecular weight is 407 g/mol. The summed E-state index contributed by atoms with van der Waals surface area (Å²) in [6, 6.07) is 4.17. The molecule has 3 rings (SSSR count). The molecule has 2 N–H and O–H groups in total. The van der Waals surface area contributed by atoms with Crippen LogP contribution in [0.2, 0.25) is 0 Å². The smallest absolute Gasteiger partial charge is 0.242 e. The van der Waals surface area contributed by atoms with Crippen LogP contribution < -0.4 is 10.0 Å². The summed E-state index contributed by atoms with van der Waals surface area (Å²) in [6.07, 6.45) is 2.39. The van der Waals surface area contributed by atoms with Gasteiger partial charge in [-0.25, -0.2) is 13.1 Å².